The van der Waals surface area contributed by atoms with Gasteiger partial charge in [0.1, 0.15) is 6.04 Å². The predicted octanol–water partition coefficient (Wildman–Crippen LogP) is 1.29. The normalized spacial score (nSPS) is 11.7. The molecule has 0 spiro atoms. The van der Waals surface area contributed by atoms with Gasteiger partial charge >= 0.3 is 12.0 Å². The van der Waals surface area contributed by atoms with Gasteiger partial charge in [-0.15, -0.1) is 12.3 Å². The molecule has 0 aromatic rings. The van der Waals surface area contributed by atoms with Crippen molar-refractivity contribution in [2.75, 3.05) is 7.05 Å². The van der Waals surface area contributed by atoms with E-state index in [9.17, 15) is 9.59 Å². The molecular formula is C12H20N2O3. The van der Waals surface area contributed by atoms with Gasteiger partial charge in [0.2, 0.25) is 0 Å². The lowest BCUT2D eigenvalue weighted by Gasteiger charge is -2.27. The number of hydrogen-bond donors (Lipinski definition) is 2. The minimum Gasteiger partial charge on any atom is -0.480 e. The smallest absolute Gasteiger partial charge is 0.327 e. The number of nitrogens with zero attached hydrogens (tertiary/aromatic N) is 1. The second kappa shape index (κ2) is 7.55. The Morgan fingerprint density at radius 3 is 2.29 bits per heavy atom. The van der Waals surface area contributed by atoms with E-state index in [0.717, 1.165) is 12.8 Å². The van der Waals surface area contributed by atoms with E-state index in [4.69, 9.17) is 11.5 Å². The van der Waals surface area contributed by atoms with Gasteiger partial charge in [-0.2, -0.15) is 0 Å². The van der Waals surface area contributed by atoms with E-state index < -0.39 is 18.0 Å². The van der Waals surface area contributed by atoms with Crippen LogP contribution in [0.5, 0.6) is 0 Å². The molecule has 0 aliphatic heterocycles. The zero-order chi connectivity index (χ0) is 13.4. The van der Waals surface area contributed by atoms with Gasteiger partial charge in [-0.25, -0.2) is 9.59 Å². The Hall–Kier alpha value is -1.70. The molecule has 0 heterocycles. The number of urea groups is 1. The average Bonchev–Trinajstić information content (AvgIpc) is 2.29. The lowest BCUT2D eigenvalue weighted by atomic mass is 10.1. The van der Waals surface area contributed by atoms with Crippen LogP contribution in [0.2, 0.25) is 0 Å². The van der Waals surface area contributed by atoms with Gasteiger partial charge in [0.05, 0.1) is 0 Å². The van der Waals surface area contributed by atoms with Gasteiger partial charge in [-0.3, -0.25) is 0 Å². The minimum atomic E-state index is -1.12. The molecule has 1 atom stereocenters. The number of carboxylic acids is 1. The summed E-state index contributed by atoms with van der Waals surface area (Å²) >= 11 is 0. The second-order valence-electron chi connectivity index (χ2n) is 3.83. The number of carbonyl (C=O) groups is 2. The molecule has 5 heteroatoms. The third-order valence-electron chi connectivity index (χ3n) is 2.73. The number of nitrogens with one attached hydrogen (secondary N) is 1. The van der Waals surface area contributed by atoms with Crippen LogP contribution in [-0.4, -0.2) is 41.1 Å². The van der Waals surface area contributed by atoms with Gasteiger partial charge in [0, 0.05) is 19.5 Å². The summed E-state index contributed by atoms with van der Waals surface area (Å²) in [4.78, 5) is 24.1. The van der Waals surface area contributed by atoms with Gasteiger partial charge in [-0.05, 0) is 12.8 Å². The SMILES string of the molecule is C#CCC(NC(=O)N(C)C(CC)CC)C(=O)O. The van der Waals surface area contributed by atoms with Crippen LogP contribution in [0, 0.1) is 12.3 Å². The van der Waals surface area contributed by atoms with Crippen molar-refractivity contribution >= 4 is 12.0 Å². The summed E-state index contributed by atoms with van der Waals surface area (Å²) in [5, 5.41) is 11.3. The highest BCUT2D eigenvalue weighted by Gasteiger charge is 2.23. The molecule has 0 aromatic heterocycles. The Morgan fingerprint density at radius 2 is 1.94 bits per heavy atom. The molecule has 0 aromatic carbocycles. The van der Waals surface area contributed by atoms with Crippen LogP contribution < -0.4 is 5.32 Å². The Labute approximate surface area is 102 Å². The number of carboxylic acid groups (broad SMARTS) is 1. The van der Waals surface area contributed by atoms with E-state index in [1.165, 1.54) is 4.90 Å². The van der Waals surface area contributed by atoms with Gasteiger partial charge < -0.3 is 15.3 Å². The van der Waals surface area contributed by atoms with Crippen molar-refractivity contribution in [1.82, 2.24) is 10.2 Å². The largest absolute Gasteiger partial charge is 0.480 e. The summed E-state index contributed by atoms with van der Waals surface area (Å²) in [6.07, 6.45) is 6.69. The van der Waals surface area contributed by atoms with E-state index in [-0.39, 0.29) is 12.5 Å². The van der Waals surface area contributed by atoms with Crippen molar-refractivity contribution in [1.29, 1.82) is 0 Å². The Balaban J connectivity index is 4.50. The topological polar surface area (TPSA) is 69.6 Å². The summed E-state index contributed by atoms with van der Waals surface area (Å²) in [5.41, 5.74) is 0. The van der Waals surface area contributed by atoms with Crippen molar-refractivity contribution in [3.8, 4) is 12.3 Å². The third-order valence-corrected chi connectivity index (χ3v) is 2.73. The van der Waals surface area contributed by atoms with Gasteiger partial charge in [-0.1, -0.05) is 13.8 Å². The van der Waals surface area contributed by atoms with Crippen LogP contribution in [0.4, 0.5) is 4.79 Å². The van der Waals surface area contributed by atoms with E-state index >= 15 is 0 Å². The highest BCUT2D eigenvalue weighted by atomic mass is 16.4. The number of hydrogen-bond acceptors (Lipinski definition) is 2. The van der Waals surface area contributed by atoms with E-state index in [0.29, 0.717) is 0 Å². The van der Waals surface area contributed by atoms with Crippen molar-refractivity contribution in [3.63, 3.8) is 0 Å². The minimum absolute atomic E-state index is 0.0160. The molecule has 5 nitrogen and oxygen atoms in total. The summed E-state index contributed by atoms with van der Waals surface area (Å²) in [6.45, 7) is 3.96. The summed E-state index contributed by atoms with van der Waals surface area (Å²) < 4.78 is 0. The second-order valence-corrected chi connectivity index (χ2v) is 3.83. The van der Waals surface area contributed by atoms with Crippen molar-refractivity contribution < 1.29 is 14.7 Å². The first-order valence-electron chi connectivity index (χ1n) is 5.67. The maximum Gasteiger partial charge on any atom is 0.327 e. The quantitative estimate of drug-likeness (QED) is 0.687. The molecule has 0 radical (unpaired) electrons. The molecule has 0 rings (SSSR count). The fraction of sp³-hybridized carbons (Fsp3) is 0.667. The Morgan fingerprint density at radius 1 is 1.41 bits per heavy atom. The van der Waals surface area contributed by atoms with Crippen LogP contribution in [-0.2, 0) is 4.79 Å². The zero-order valence-electron chi connectivity index (χ0n) is 10.6. The third kappa shape index (κ3) is 4.77. The summed E-state index contributed by atoms with van der Waals surface area (Å²) in [6, 6.07) is -1.32. The highest BCUT2D eigenvalue weighted by Crippen LogP contribution is 2.06. The molecule has 0 saturated heterocycles. The van der Waals surface area contributed by atoms with Crippen LogP contribution in [0.25, 0.3) is 0 Å². The van der Waals surface area contributed by atoms with Crippen molar-refractivity contribution in [3.05, 3.63) is 0 Å². The first-order valence-corrected chi connectivity index (χ1v) is 5.67. The standard InChI is InChI=1S/C12H20N2O3/c1-5-8-10(11(15)16)13-12(17)14(4)9(6-2)7-3/h1,9-10H,6-8H2,2-4H3,(H,13,17)(H,15,16). The first-order chi connectivity index (χ1) is 7.97. The number of terminal acetylenes is 1. The summed E-state index contributed by atoms with van der Waals surface area (Å²) in [5.74, 6) is 1.12. The van der Waals surface area contributed by atoms with Crippen LogP contribution in [0.3, 0.4) is 0 Å². The van der Waals surface area contributed by atoms with Crippen LogP contribution >= 0.6 is 0 Å². The monoisotopic (exact) mass is 240 g/mol. The molecule has 0 bridgehead atoms. The maximum atomic E-state index is 11.8. The van der Waals surface area contributed by atoms with E-state index in [1.807, 2.05) is 13.8 Å². The van der Waals surface area contributed by atoms with Gasteiger partial charge in [0.15, 0.2) is 0 Å². The molecule has 17 heavy (non-hydrogen) atoms. The van der Waals surface area contributed by atoms with E-state index in [2.05, 4.69) is 11.2 Å². The average molecular weight is 240 g/mol. The van der Waals surface area contributed by atoms with Crippen molar-refractivity contribution in [2.45, 2.75) is 45.2 Å². The molecule has 0 aliphatic carbocycles. The lowest BCUT2D eigenvalue weighted by molar-refractivity contribution is -0.139. The number of aliphatic carboxylic acids is 1. The zero-order valence-corrected chi connectivity index (χ0v) is 10.6. The molecule has 0 fully saturated rings. The fourth-order valence-electron chi connectivity index (χ4n) is 1.57. The highest BCUT2D eigenvalue weighted by molar-refractivity contribution is 5.82. The molecule has 2 amide bonds. The van der Waals surface area contributed by atoms with E-state index in [1.54, 1.807) is 7.05 Å². The van der Waals surface area contributed by atoms with Crippen LogP contribution in [0.15, 0.2) is 0 Å². The molecular weight excluding hydrogens is 220 g/mol. The van der Waals surface area contributed by atoms with Crippen molar-refractivity contribution in [2.24, 2.45) is 0 Å². The molecule has 1 unspecified atom stereocenters. The summed E-state index contributed by atoms with van der Waals surface area (Å²) in [7, 11) is 1.65. The molecule has 2 N–H and O–H groups in total. The van der Waals surface area contributed by atoms with Crippen LogP contribution in [0.1, 0.15) is 33.1 Å². The molecule has 0 saturated carbocycles. The Kier molecular flexibility index (Phi) is 6.80. The lowest BCUT2D eigenvalue weighted by Crippen LogP contribution is -2.49. The molecule has 96 valence electrons. The van der Waals surface area contributed by atoms with Gasteiger partial charge in [0.25, 0.3) is 0 Å². The predicted molar refractivity (Wildman–Crippen MR) is 65.5 cm³/mol. The number of amides is 2. The number of rotatable bonds is 6. The fourth-order valence-corrected chi connectivity index (χ4v) is 1.57. The first kappa shape index (κ1) is 15.3. The molecule has 0 aliphatic rings. The Bertz CT molecular complexity index is 305. The number of carbonyl (C=O) groups excluding carboxylic acids is 1. The maximum absolute atomic E-state index is 11.8.